The second-order valence-electron chi connectivity index (χ2n) is 8.11. The van der Waals surface area contributed by atoms with Crippen molar-refractivity contribution in [3.05, 3.63) is 99.8 Å². The molecule has 0 bridgehead atoms. The van der Waals surface area contributed by atoms with Crippen LogP contribution in [0.25, 0.3) is 0 Å². The maximum atomic E-state index is 12.7. The molecule has 1 amide bonds. The minimum atomic E-state index is -0.125. The summed E-state index contributed by atoms with van der Waals surface area (Å²) in [6.07, 6.45) is 2.75. The Bertz CT molecular complexity index is 1120. The third kappa shape index (κ3) is 5.58. The fourth-order valence-corrected chi connectivity index (χ4v) is 4.32. The van der Waals surface area contributed by atoms with E-state index < -0.39 is 0 Å². The van der Waals surface area contributed by atoms with Crippen LogP contribution in [0.4, 0.5) is 0 Å². The molecule has 0 aliphatic carbocycles. The molecule has 3 aromatic rings. The van der Waals surface area contributed by atoms with E-state index in [-0.39, 0.29) is 18.0 Å². The molecule has 1 saturated heterocycles. The second-order valence-corrected chi connectivity index (χ2v) is 8.55. The fraction of sp³-hybridized carbons (Fsp3) is 0.269. The van der Waals surface area contributed by atoms with E-state index in [1.807, 2.05) is 36.5 Å². The molecule has 1 aliphatic rings. The van der Waals surface area contributed by atoms with Crippen LogP contribution in [0.5, 0.6) is 0 Å². The standard InChI is InChI=1S/C26H25ClN4O2/c1-33-17-24-11-8-21(15-29-24)25(19-6-9-22(27)10-7-19)31-13-12-23(16-31)30-26(32)20-4-2-18(14-28)3-5-20/h2-11,15,23,25H,12-13,16-17H2,1H3,(H,30,32)/t23-,25?/m1/s1. The summed E-state index contributed by atoms with van der Waals surface area (Å²) in [5, 5.41) is 12.8. The molecule has 168 valence electrons. The number of nitrogens with one attached hydrogen (secondary N) is 1. The van der Waals surface area contributed by atoms with Crippen molar-refractivity contribution in [1.29, 1.82) is 5.26 Å². The van der Waals surface area contributed by atoms with Crippen molar-refractivity contribution in [1.82, 2.24) is 15.2 Å². The maximum absolute atomic E-state index is 12.7. The number of nitriles is 1. The van der Waals surface area contributed by atoms with Gasteiger partial charge in [0.05, 0.1) is 30.0 Å². The molecule has 7 heteroatoms. The van der Waals surface area contributed by atoms with Crippen LogP contribution in [0.2, 0.25) is 5.02 Å². The van der Waals surface area contributed by atoms with Crippen LogP contribution < -0.4 is 5.32 Å². The van der Waals surface area contributed by atoms with Gasteiger partial charge < -0.3 is 10.1 Å². The van der Waals surface area contributed by atoms with Crippen molar-refractivity contribution in [3.8, 4) is 6.07 Å². The van der Waals surface area contributed by atoms with Crippen molar-refractivity contribution in [2.24, 2.45) is 0 Å². The minimum Gasteiger partial charge on any atom is -0.378 e. The topological polar surface area (TPSA) is 78.2 Å². The highest BCUT2D eigenvalue weighted by Gasteiger charge is 2.31. The minimum absolute atomic E-state index is 0.00294. The van der Waals surface area contributed by atoms with Crippen molar-refractivity contribution in [2.45, 2.75) is 25.1 Å². The smallest absolute Gasteiger partial charge is 0.251 e. The quantitative estimate of drug-likeness (QED) is 0.567. The number of hydrogen-bond acceptors (Lipinski definition) is 5. The predicted molar refractivity (Wildman–Crippen MR) is 127 cm³/mol. The number of carbonyl (C=O) groups is 1. The highest BCUT2D eigenvalue weighted by molar-refractivity contribution is 6.30. The number of amides is 1. The third-order valence-electron chi connectivity index (χ3n) is 5.84. The number of likely N-dealkylation sites (tertiary alicyclic amines) is 1. The van der Waals surface area contributed by atoms with Gasteiger partial charge in [0.2, 0.25) is 0 Å². The van der Waals surface area contributed by atoms with Gasteiger partial charge in [0.25, 0.3) is 5.91 Å². The van der Waals surface area contributed by atoms with Crippen LogP contribution in [-0.2, 0) is 11.3 Å². The number of benzene rings is 2. The summed E-state index contributed by atoms with van der Waals surface area (Å²) in [4.78, 5) is 19.6. The number of hydrogen-bond donors (Lipinski definition) is 1. The lowest BCUT2D eigenvalue weighted by atomic mass is 9.98. The summed E-state index contributed by atoms with van der Waals surface area (Å²) in [6, 6.07) is 20.7. The van der Waals surface area contributed by atoms with Gasteiger partial charge in [-0.25, -0.2) is 0 Å². The first-order chi connectivity index (χ1) is 16.1. The van der Waals surface area contributed by atoms with Crippen LogP contribution in [-0.4, -0.2) is 42.0 Å². The number of halogens is 1. The molecule has 2 atom stereocenters. The molecule has 2 heterocycles. The Kier molecular flexibility index (Phi) is 7.36. The number of aromatic nitrogens is 1. The Labute approximate surface area is 198 Å². The molecule has 1 aliphatic heterocycles. The molecular weight excluding hydrogens is 436 g/mol. The lowest BCUT2D eigenvalue weighted by Gasteiger charge is -2.29. The average Bonchev–Trinajstić information content (AvgIpc) is 3.29. The molecular formula is C26H25ClN4O2. The molecule has 0 spiro atoms. The van der Waals surface area contributed by atoms with Crippen LogP contribution in [0, 0.1) is 11.3 Å². The van der Waals surface area contributed by atoms with Gasteiger partial charge in [-0.05, 0) is 60.0 Å². The molecule has 0 saturated carbocycles. The fourth-order valence-electron chi connectivity index (χ4n) is 4.19. The lowest BCUT2D eigenvalue weighted by molar-refractivity contribution is 0.0937. The Morgan fingerprint density at radius 1 is 1.18 bits per heavy atom. The number of ether oxygens (including phenoxy) is 1. The van der Waals surface area contributed by atoms with Gasteiger partial charge in [0.1, 0.15) is 0 Å². The Morgan fingerprint density at radius 2 is 1.91 bits per heavy atom. The van der Waals surface area contributed by atoms with E-state index in [4.69, 9.17) is 21.6 Å². The molecule has 1 unspecified atom stereocenters. The first-order valence-corrected chi connectivity index (χ1v) is 11.2. The summed E-state index contributed by atoms with van der Waals surface area (Å²) in [5.41, 5.74) is 4.18. The van der Waals surface area contributed by atoms with Crippen LogP contribution in [0.3, 0.4) is 0 Å². The van der Waals surface area contributed by atoms with Gasteiger partial charge in [0, 0.05) is 43.0 Å². The van der Waals surface area contributed by atoms with Crippen LogP contribution in [0.1, 0.15) is 45.2 Å². The molecule has 2 aromatic carbocycles. The van der Waals surface area contributed by atoms with Crippen molar-refractivity contribution >= 4 is 17.5 Å². The molecule has 33 heavy (non-hydrogen) atoms. The Morgan fingerprint density at radius 3 is 2.55 bits per heavy atom. The summed E-state index contributed by atoms with van der Waals surface area (Å²) in [5.74, 6) is -0.125. The molecule has 6 nitrogen and oxygen atoms in total. The predicted octanol–water partition coefficient (Wildman–Crippen LogP) is 4.35. The van der Waals surface area contributed by atoms with Crippen molar-refractivity contribution in [2.75, 3.05) is 20.2 Å². The highest BCUT2D eigenvalue weighted by atomic mass is 35.5. The van der Waals surface area contributed by atoms with E-state index in [2.05, 4.69) is 27.3 Å². The van der Waals surface area contributed by atoms with Gasteiger partial charge in [0.15, 0.2) is 0 Å². The molecule has 0 radical (unpaired) electrons. The van der Waals surface area contributed by atoms with Crippen molar-refractivity contribution in [3.63, 3.8) is 0 Å². The number of pyridine rings is 1. The largest absolute Gasteiger partial charge is 0.378 e. The summed E-state index contributed by atoms with van der Waals surface area (Å²) >= 11 is 6.13. The zero-order valence-electron chi connectivity index (χ0n) is 18.4. The number of methoxy groups -OCH3 is 1. The Balaban J connectivity index is 1.51. The molecule has 1 aromatic heterocycles. The number of nitrogens with zero attached hydrogens (tertiary/aromatic N) is 3. The van der Waals surface area contributed by atoms with Gasteiger partial charge in [-0.1, -0.05) is 29.8 Å². The molecule has 1 N–H and O–H groups in total. The Hall–Kier alpha value is -3.24. The van der Waals surface area contributed by atoms with Crippen molar-refractivity contribution < 1.29 is 9.53 Å². The van der Waals surface area contributed by atoms with E-state index in [1.54, 1.807) is 31.4 Å². The monoisotopic (exact) mass is 460 g/mol. The highest BCUT2D eigenvalue weighted by Crippen LogP contribution is 2.32. The zero-order valence-corrected chi connectivity index (χ0v) is 19.1. The average molecular weight is 461 g/mol. The maximum Gasteiger partial charge on any atom is 0.251 e. The van der Waals surface area contributed by atoms with E-state index in [9.17, 15) is 4.79 Å². The SMILES string of the molecule is COCc1ccc(C(c2ccc(Cl)cc2)N2CC[C@@H](NC(=O)c3ccc(C#N)cc3)C2)cn1. The second kappa shape index (κ2) is 10.6. The van der Waals surface area contributed by atoms with Crippen LogP contribution >= 0.6 is 11.6 Å². The normalized spacial score (nSPS) is 16.8. The van der Waals surface area contributed by atoms with Crippen LogP contribution in [0.15, 0.2) is 66.9 Å². The van der Waals surface area contributed by atoms with Gasteiger partial charge >= 0.3 is 0 Å². The van der Waals surface area contributed by atoms with E-state index in [1.165, 1.54) is 0 Å². The van der Waals surface area contributed by atoms with Gasteiger partial charge in [-0.3, -0.25) is 14.7 Å². The molecule has 1 fully saturated rings. The molecule has 4 rings (SSSR count). The van der Waals surface area contributed by atoms with E-state index in [0.29, 0.717) is 22.8 Å². The third-order valence-corrected chi connectivity index (χ3v) is 6.09. The first kappa shape index (κ1) is 22.9. The van der Waals surface area contributed by atoms with E-state index in [0.717, 1.165) is 36.3 Å². The van der Waals surface area contributed by atoms with Gasteiger partial charge in [-0.2, -0.15) is 5.26 Å². The number of rotatable bonds is 7. The summed E-state index contributed by atoms with van der Waals surface area (Å²) < 4.78 is 5.18. The number of carbonyl (C=O) groups excluding carboxylic acids is 1. The summed E-state index contributed by atoms with van der Waals surface area (Å²) in [6.45, 7) is 2.03. The summed E-state index contributed by atoms with van der Waals surface area (Å²) in [7, 11) is 1.66. The lowest BCUT2D eigenvalue weighted by Crippen LogP contribution is -2.38. The van der Waals surface area contributed by atoms with Gasteiger partial charge in [-0.15, -0.1) is 0 Å². The van der Waals surface area contributed by atoms with E-state index >= 15 is 0 Å². The zero-order chi connectivity index (χ0) is 23.2. The first-order valence-electron chi connectivity index (χ1n) is 10.8.